The third-order valence-corrected chi connectivity index (χ3v) is 2.34. The van der Waals surface area contributed by atoms with Crippen molar-refractivity contribution >= 4 is 17.3 Å². The van der Waals surface area contributed by atoms with Crippen molar-refractivity contribution in [2.75, 3.05) is 37.0 Å². The minimum Gasteiger partial charge on any atom is -0.395 e. The van der Waals surface area contributed by atoms with Crippen LogP contribution in [0.3, 0.4) is 0 Å². The molecule has 0 saturated heterocycles. The molecule has 1 aromatic rings. The number of aliphatic hydroxyl groups is 1. The van der Waals surface area contributed by atoms with E-state index in [1.807, 2.05) is 6.92 Å². The second-order valence-electron chi connectivity index (χ2n) is 3.38. The summed E-state index contributed by atoms with van der Waals surface area (Å²) in [7, 11) is 1.65. The zero-order valence-electron chi connectivity index (χ0n) is 9.88. The Kier molecular flexibility index (Phi) is 4.65. The molecule has 0 unspecified atom stereocenters. The largest absolute Gasteiger partial charge is 0.395 e. The van der Waals surface area contributed by atoms with Crippen LogP contribution in [0.1, 0.15) is 6.92 Å². The maximum Gasteiger partial charge on any atom is 0.276 e. The molecule has 0 amide bonds. The highest BCUT2D eigenvalue weighted by atomic mass is 16.6. The molecule has 1 aromatic heterocycles. The van der Waals surface area contributed by atoms with Gasteiger partial charge in [-0.1, -0.05) is 0 Å². The summed E-state index contributed by atoms with van der Waals surface area (Å²) in [4.78, 5) is 16.3. The van der Waals surface area contributed by atoms with E-state index in [1.54, 1.807) is 11.9 Å². The molecule has 0 bridgehead atoms. The number of anilines is 2. The second kappa shape index (κ2) is 6.00. The number of aliphatic hydroxyl groups excluding tert-OH is 1. The van der Waals surface area contributed by atoms with E-state index in [0.717, 1.165) is 0 Å². The van der Waals surface area contributed by atoms with E-state index in [0.29, 0.717) is 24.7 Å². The Bertz CT molecular complexity index is 397. The highest BCUT2D eigenvalue weighted by Crippen LogP contribution is 2.22. The number of nitrogens with one attached hydrogen (secondary N) is 1. The van der Waals surface area contributed by atoms with Gasteiger partial charge in [0.05, 0.1) is 23.7 Å². The Balaban J connectivity index is 3.12. The van der Waals surface area contributed by atoms with Crippen LogP contribution >= 0.6 is 0 Å². The third kappa shape index (κ3) is 3.28. The molecule has 0 aliphatic heterocycles. The lowest BCUT2D eigenvalue weighted by Gasteiger charge is -2.20. The molecule has 0 saturated carbocycles. The fourth-order valence-corrected chi connectivity index (χ4v) is 1.45. The minimum atomic E-state index is -0.460. The molecule has 94 valence electrons. The first-order chi connectivity index (χ1) is 8.12. The van der Waals surface area contributed by atoms with Crippen molar-refractivity contribution < 1.29 is 10.0 Å². The summed E-state index contributed by atoms with van der Waals surface area (Å²) in [5.41, 5.74) is -0.0178. The van der Waals surface area contributed by atoms with Crippen LogP contribution in [0.4, 0.5) is 17.3 Å². The van der Waals surface area contributed by atoms with Gasteiger partial charge in [0, 0.05) is 20.1 Å². The van der Waals surface area contributed by atoms with Crippen LogP contribution in [0.5, 0.6) is 0 Å². The first-order valence-corrected chi connectivity index (χ1v) is 5.32. The first kappa shape index (κ1) is 13.2. The number of hydrogen-bond acceptors (Lipinski definition) is 6. The Labute approximate surface area is 99.2 Å². The fourth-order valence-electron chi connectivity index (χ4n) is 1.45. The third-order valence-electron chi connectivity index (χ3n) is 2.34. The first-order valence-electron chi connectivity index (χ1n) is 5.32. The van der Waals surface area contributed by atoms with Gasteiger partial charge in [0.25, 0.3) is 5.69 Å². The molecule has 1 heterocycles. The molecule has 0 aromatic carbocycles. The van der Waals surface area contributed by atoms with Crippen molar-refractivity contribution in [3.05, 3.63) is 22.2 Å². The second-order valence-corrected chi connectivity index (χ2v) is 3.38. The lowest BCUT2D eigenvalue weighted by Crippen LogP contribution is -2.27. The van der Waals surface area contributed by atoms with Gasteiger partial charge in [-0.25, -0.2) is 4.98 Å². The van der Waals surface area contributed by atoms with Gasteiger partial charge in [-0.2, -0.15) is 0 Å². The number of aromatic nitrogens is 1. The molecule has 7 nitrogen and oxygen atoms in total. The molecule has 0 radical (unpaired) electrons. The zero-order valence-corrected chi connectivity index (χ0v) is 9.88. The van der Waals surface area contributed by atoms with Crippen molar-refractivity contribution in [2.24, 2.45) is 0 Å². The molecule has 0 spiro atoms. The van der Waals surface area contributed by atoms with E-state index in [2.05, 4.69) is 10.3 Å². The smallest absolute Gasteiger partial charge is 0.276 e. The number of nitro groups is 1. The van der Waals surface area contributed by atoms with Crippen LogP contribution in [-0.2, 0) is 0 Å². The molecule has 0 aliphatic rings. The number of hydrogen-bond donors (Lipinski definition) is 2. The topological polar surface area (TPSA) is 91.5 Å². The van der Waals surface area contributed by atoms with Gasteiger partial charge < -0.3 is 15.3 Å². The molecule has 7 heteroatoms. The van der Waals surface area contributed by atoms with Crippen LogP contribution in [0.15, 0.2) is 12.1 Å². The fraction of sp³-hybridized carbons (Fsp3) is 0.500. The van der Waals surface area contributed by atoms with Gasteiger partial charge >= 0.3 is 0 Å². The SMILES string of the molecule is CCN(CCO)c1cc([N+](=O)[O-])cc(NC)n1. The standard InChI is InChI=1S/C10H16N4O3/c1-3-13(4-5-15)10-7-8(14(16)17)6-9(11-2)12-10/h6-7,15H,3-5H2,1-2H3,(H,11,12). The van der Waals surface area contributed by atoms with Crippen LogP contribution < -0.4 is 10.2 Å². The van der Waals surface area contributed by atoms with Crippen molar-refractivity contribution in [2.45, 2.75) is 6.92 Å². The molecule has 0 atom stereocenters. The maximum atomic E-state index is 10.8. The quantitative estimate of drug-likeness (QED) is 0.565. The van der Waals surface area contributed by atoms with Crippen molar-refractivity contribution in [3.8, 4) is 0 Å². The van der Waals surface area contributed by atoms with E-state index >= 15 is 0 Å². The van der Waals surface area contributed by atoms with E-state index in [9.17, 15) is 10.1 Å². The molecule has 1 rings (SSSR count). The summed E-state index contributed by atoms with van der Waals surface area (Å²) in [6.07, 6.45) is 0. The van der Waals surface area contributed by atoms with Crippen LogP contribution in [0.25, 0.3) is 0 Å². The van der Waals surface area contributed by atoms with Crippen LogP contribution in [0.2, 0.25) is 0 Å². The van der Waals surface area contributed by atoms with Gasteiger partial charge in [-0.3, -0.25) is 10.1 Å². The Hall–Kier alpha value is -1.89. The predicted molar refractivity (Wildman–Crippen MR) is 65.4 cm³/mol. The number of nitrogens with zero attached hydrogens (tertiary/aromatic N) is 3. The summed E-state index contributed by atoms with van der Waals surface area (Å²) in [5.74, 6) is 0.922. The highest BCUT2D eigenvalue weighted by Gasteiger charge is 2.14. The van der Waals surface area contributed by atoms with E-state index in [-0.39, 0.29) is 12.3 Å². The van der Waals surface area contributed by atoms with Gasteiger partial charge in [0.1, 0.15) is 11.6 Å². The molecule has 0 aliphatic carbocycles. The summed E-state index contributed by atoms with van der Waals surface area (Å²) < 4.78 is 0. The predicted octanol–water partition coefficient (Wildman–Crippen LogP) is 0.850. The maximum absolute atomic E-state index is 10.8. The van der Waals surface area contributed by atoms with E-state index in [4.69, 9.17) is 5.11 Å². The summed E-state index contributed by atoms with van der Waals surface area (Å²) in [6.45, 7) is 2.90. The van der Waals surface area contributed by atoms with E-state index in [1.165, 1.54) is 12.1 Å². The normalized spacial score (nSPS) is 10.1. The monoisotopic (exact) mass is 240 g/mol. The molecule has 17 heavy (non-hydrogen) atoms. The Morgan fingerprint density at radius 1 is 1.59 bits per heavy atom. The Morgan fingerprint density at radius 3 is 2.76 bits per heavy atom. The summed E-state index contributed by atoms with van der Waals surface area (Å²) in [5, 5.41) is 22.5. The number of rotatable bonds is 6. The molecule has 2 N–H and O–H groups in total. The van der Waals surface area contributed by atoms with Gasteiger partial charge in [-0.15, -0.1) is 0 Å². The summed E-state index contributed by atoms with van der Waals surface area (Å²) >= 11 is 0. The number of pyridine rings is 1. The lowest BCUT2D eigenvalue weighted by atomic mass is 10.3. The number of likely N-dealkylation sites (N-methyl/N-ethyl adjacent to an activating group) is 1. The lowest BCUT2D eigenvalue weighted by molar-refractivity contribution is -0.384. The van der Waals surface area contributed by atoms with Gasteiger partial charge in [-0.05, 0) is 6.92 Å². The van der Waals surface area contributed by atoms with Crippen LogP contribution in [0, 0.1) is 10.1 Å². The van der Waals surface area contributed by atoms with Crippen molar-refractivity contribution in [3.63, 3.8) is 0 Å². The zero-order chi connectivity index (χ0) is 12.8. The molecular weight excluding hydrogens is 224 g/mol. The Morgan fingerprint density at radius 2 is 2.29 bits per heavy atom. The highest BCUT2D eigenvalue weighted by molar-refractivity contribution is 5.55. The van der Waals surface area contributed by atoms with Crippen molar-refractivity contribution in [1.82, 2.24) is 4.98 Å². The van der Waals surface area contributed by atoms with Gasteiger partial charge in [0.15, 0.2) is 0 Å². The van der Waals surface area contributed by atoms with E-state index < -0.39 is 4.92 Å². The average Bonchev–Trinajstić information content (AvgIpc) is 2.35. The van der Waals surface area contributed by atoms with Crippen molar-refractivity contribution in [1.29, 1.82) is 0 Å². The van der Waals surface area contributed by atoms with Crippen LogP contribution in [-0.4, -0.2) is 41.8 Å². The van der Waals surface area contributed by atoms with Gasteiger partial charge in [0.2, 0.25) is 0 Å². The molecular formula is C10H16N4O3. The minimum absolute atomic E-state index is 0.0178. The molecule has 0 fully saturated rings. The summed E-state index contributed by atoms with van der Waals surface area (Å²) in [6, 6.07) is 2.77. The average molecular weight is 240 g/mol.